The molecule has 0 aromatic heterocycles. The maximum atomic E-state index is 6.34. The Hall–Kier alpha value is -0.730. The minimum absolute atomic E-state index is 0.167. The Labute approximate surface area is 134 Å². The van der Waals surface area contributed by atoms with Crippen molar-refractivity contribution in [3.63, 3.8) is 0 Å². The first kappa shape index (κ1) is 16.6. The summed E-state index contributed by atoms with van der Waals surface area (Å²) >= 11 is 6.34. The van der Waals surface area contributed by atoms with Gasteiger partial charge in [0.05, 0.1) is 0 Å². The van der Waals surface area contributed by atoms with Crippen LogP contribution in [0.1, 0.15) is 58.1 Å². The molecule has 1 aliphatic rings. The van der Waals surface area contributed by atoms with Crippen molar-refractivity contribution in [2.45, 2.75) is 66.0 Å². The molecule has 118 valence electrons. The van der Waals surface area contributed by atoms with E-state index in [1.165, 1.54) is 0 Å². The van der Waals surface area contributed by atoms with Gasteiger partial charge in [0.15, 0.2) is 0 Å². The highest BCUT2D eigenvalue weighted by atomic mass is 35.5. The van der Waals surface area contributed by atoms with E-state index in [0.717, 1.165) is 34.9 Å². The lowest BCUT2D eigenvalue weighted by Crippen LogP contribution is -2.62. The van der Waals surface area contributed by atoms with Crippen molar-refractivity contribution in [3.8, 4) is 5.75 Å². The van der Waals surface area contributed by atoms with Crippen LogP contribution in [-0.2, 0) is 0 Å². The van der Waals surface area contributed by atoms with Crippen molar-refractivity contribution >= 4 is 11.6 Å². The van der Waals surface area contributed by atoms with Gasteiger partial charge in [-0.15, -0.1) is 0 Å². The second-order valence-electron chi connectivity index (χ2n) is 7.07. The standard InChI is InChI=1S/C18H28ClNO/c1-7-20-16-10-17(18(16,5)6)21-15-9-13(11(2)3)14(19)8-12(15)4/h8-9,11,16-17,20H,7,10H2,1-6H3. The van der Waals surface area contributed by atoms with Crippen molar-refractivity contribution in [2.75, 3.05) is 6.54 Å². The fourth-order valence-corrected chi connectivity index (χ4v) is 3.51. The molecule has 1 aromatic rings. The van der Waals surface area contributed by atoms with Gasteiger partial charge in [0, 0.05) is 22.9 Å². The molecular weight excluding hydrogens is 282 g/mol. The molecule has 0 saturated heterocycles. The van der Waals surface area contributed by atoms with Crippen LogP contribution < -0.4 is 10.1 Å². The van der Waals surface area contributed by atoms with Crippen molar-refractivity contribution < 1.29 is 4.74 Å². The predicted octanol–water partition coefficient (Wildman–Crippen LogP) is 4.93. The molecule has 0 aliphatic heterocycles. The summed E-state index contributed by atoms with van der Waals surface area (Å²) in [6.07, 6.45) is 1.33. The van der Waals surface area contributed by atoms with Gasteiger partial charge in [-0.05, 0) is 42.6 Å². The molecule has 2 unspecified atom stereocenters. The fraction of sp³-hybridized carbons (Fsp3) is 0.667. The molecule has 2 atom stereocenters. The summed E-state index contributed by atoms with van der Waals surface area (Å²) in [5, 5.41) is 4.38. The Balaban J connectivity index is 2.16. The quantitative estimate of drug-likeness (QED) is 0.833. The summed E-state index contributed by atoms with van der Waals surface area (Å²) in [4.78, 5) is 0. The van der Waals surface area contributed by atoms with Gasteiger partial charge in [-0.1, -0.05) is 46.2 Å². The zero-order valence-electron chi connectivity index (χ0n) is 14.1. The molecule has 1 fully saturated rings. The summed E-state index contributed by atoms with van der Waals surface area (Å²) in [6, 6.07) is 4.70. The zero-order valence-corrected chi connectivity index (χ0v) is 14.8. The predicted molar refractivity (Wildman–Crippen MR) is 90.6 cm³/mol. The third-order valence-electron chi connectivity index (χ3n) is 4.81. The number of ether oxygens (including phenoxy) is 1. The molecule has 1 aliphatic carbocycles. The van der Waals surface area contributed by atoms with Crippen LogP contribution in [0.25, 0.3) is 0 Å². The van der Waals surface area contributed by atoms with Crippen molar-refractivity contribution in [1.29, 1.82) is 0 Å². The summed E-state index contributed by atoms with van der Waals surface area (Å²) in [7, 11) is 0. The molecule has 0 amide bonds. The first-order chi connectivity index (χ1) is 9.77. The Morgan fingerprint density at radius 2 is 2.05 bits per heavy atom. The average molecular weight is 310 g/mol. The highest BCUT2D eigenvalue weighted by Crippen LogP contribution is 2.44. The normalized spacial score (nSPS) is 24.0. The lowest BCUT2D eigenvalue weighted by molar-refractivity contribution is -0.0544. The molecule has 1 aromatic carbocycles. The third kappa shape index (κ3) is 3.22. The number of benzene rings is 1. The van der Waals surface area contributed by atoms with Crippen molar-refractivity contribution in [2.24, 2.45) is 5.41 Å². The summed E-state index contributed by atoms with van der Waals surface area (Å²) in [5.41, 5.74) is 2.45. The third-order valence-corrected chi connectivity index (χ3v) is 5.14. The average Bonchev–Trinajstić information content (AvgIpc) is 2.39. The van der Waals surface area contributed by atoms with Crippen LogP contribution in [-0.4, -0.2) is 18.7 Å². The van der Waals surface area contributed by atoms with Crippen LogP contribution in [0.2, 0.25) is 5.02 Å². The van der Waals surface area contributed by atoms with E-state index < -0.39 is 0 Å². The number of nitrogens with one attached hydrogen (secondary N) is 1. The smallest absolute Gasteiger partial charge is 0.123 e. The van der Waals surface area contributed by atoms with Gasteiger partial charge < -0.3 is 10.1 Å². The molecule has 0 radical (unpaired) electrons. The van der Waals surface area contributed by atoms with E-state index in [0.29, 0.717) is 12.0 Å². The largest absolute Gasteiger partial charge is 0.489 e. The van der Waals surface area contributed by atoms with Crippen LogP contribution in [0, 0.1) is 12.3 Å². The van der Waals surface area contributed by atoms with Crippen LogP contribution in [0.5, 0.6) is 5.75 Å². The molecule has 21 heavy (non-hydrogen) atoms. The Kier molecular flexibility index (Phi) is 4.89. The van der Waals surface area contributed by atoms with Crippen LogP contribution >= 0.6 is 11.6 Å². The first-order valence-corrected chi connectivity index (χ1v) is 8.35. The fourth-order valence-electron chi connectivity index (χ4n) is 3.07. The van der Waals surface area contributed by atoms with Gasteiger partial charge in [0.25, 0.3) is 0 Å². The highest BCUT2D eigenvalue weighted by Gasteiger charge is 2.49. The van der Waals surface area contributed by atoms with Gasteiger partial charge in [-0.25, -0.2) is 0 Å². The second-order valence-corrected chi connectivity index (χ2v) is 7.47. The SMILES string of the molecule is CCNC1CC(Oc2cc(C(C)C)c(Cl)cc2C)C1(C)C. The van der Waals surface area contributed by atoms with Gasteiger partial charge >= 0.3 is 0 Å². The highest BCUT2D eigenvalue weighted by molar-refractivity contribution is 6.31. The molecule has 1 N–H and O–H groups in total. The van der Waals surface area contributed by atoms with Crippen molar-refractivity contribution in [3.05, 3.63) is 28.3 Å². The lowest BCUT2D eigenvalue weighted by atomic mass is 9.64. The minimum Gasteiger partial charge on any atom is -0.489 e. The maximum Gasteiger partial charge on any atom is 0.123 e. The maximum absolute atomic E-state index is 6.34. The Bertz CT molecular complexity index is 510. The van der Waals surface area contributed by atoms with Gasteiger partial charge in [-0.2, -0.15) is 0 Å². The van der Waals surface area contributed by atoms with Crippen LogP contribution in [0.4, 0.5) is 0 Å². The van der Waals surface area contributed by atoms with E-state index in [-0.39, 0.29) is 11.5 Å². The van der Waals surface area contributed by atoms with Crippen LogP contribution in [0.15, 0.2) is 12.1 Å². The van der Waals surface area contributed by atoms with Gasteiger partial charge in [0.2, 0.25) is 0 Å². The minimum atomic E-state index is 0.167. The number of halogens is 1. The molecular formula is C18H28ClNO. The Morgan fingerprint density at radius 1 is 1.38 bits per heavy atom. The van der Waals surface area contributed by atoms with E-state index in [1.807, 2.05) is 6.07 Å². The molecule has 2 rings (SSSR count). The number of hydrogen-bond acceptors (Lipinski definition) is 2. The summed E-state index contributed by atoms with van der Waals surface area (Å²) in [6.45, 7) is 14.1. The van der Waals surface area contributed by atoms with E-state index >= 15 is 0 Å². The summed E-state index contributed by atoms with van der Waals surface area (Å²) < 4.78 is 6.32. The van der Waals surface area contributed by atoms with Crippen LogP contribution in [0.3, 0.4) is 0 Å². The number of aryl methyl sites for hydroxylation is 1. The first-order valence-electron chi connectivity index (χ1n) is 7.97. The number of hydrogen-bond donors (Lipinski definition) is 1. The van der Waals surface area contributed by atoms with Crippen molar-refractivity contribution in [1.82, 2.24) is 5.32 Å². The number of rotatable bonds is 5. The monoisotopic (exact) mass is 309 g/mol. The van der Waals surface area contributed by atoms with Gasteiger partial charge in [0.1, 0.15) is 11.9 Å². The van der Waals surface area contributed by atoms with E-state index in [2.05, 4.69) is 52.9 Å². The molecule has 3 heteroatoms. The van der Waals surface area contributed by atoms with Gasteiger partial charge in [-0.3, -0.25) is 0 Å². The molecule has 0 heterocycles. The molecule has 1 saturated carbocycles. The molecule has 2 nitrogen and oxygen atoms in total. The van der Waals surface area contributed by atoms with E-state index in [9.17, 15) is 0 Å². The Morgan fingerprint density at radius 3 is 2.57 bits per heavy atom. The zero-order chi connectivity index (χ0) is 15.8. The van der Waals surface area contributed by atoms with E-state index in [1.54, 1.807) is 0 Å². The van der Waals surface area contributed by atoms with E-state index in [4.69, 9.17) is 16.3 Å². The molecule has 0 bridgehead atoms. The molecule has 0 spiro atoms. The summed E-state index contributed by atoms with van der Waals surface area (Å²) in [5.74, 6) is 1.39. The lowest BCUT2D eigenvalue weighted by Gasteiger charge is -2.51. The topological polar surface area (TPSA) is 21.3 Å². The second kappa shape index (κ2) is 6.18.